The van der Waals surface area contributed by atoms with Crippen LogP contribution in [0.4, 0.5) is 34.1 Å². The largest absolute Gasteiger partial charge is 0.309 e. The second kappa shape index (κ2) is 12.4. The highest BCUT2D eigenvalue weighted by atomic mass is 35.5. The summed E-state index contributed by atoms with van der Waals surface area (Å²) in [6, 6.07) is 51.7. The summed E-state index contributed by atoms with van der Waals surface area (Å²) in [5.41, 5.74) is 7.71. The van der Waals surface area contributed by atoms with Crippen LogP contribution in [0.1, 0.15) is 43.6 Å². The minimum absolute atomic E-state index is 0.502. The fraction of sp³-hybridized carbons (Fsp3) is 0.150. The lowest BCUT2D eigenvalue weighted by Crippen LogP contribution is -2.16. The van der Waals surface area contributed by atoms with E-state index in [9.17, 15) is 0 Å². The lowest BCUT2D eigenvalue weighted by molar-refractivity contribution is 0.444. The van der Waals surface area contributed by atoms with Crippen molar-refractivity contribution in [3.8, 4) is 0 Å². The molecular weight excluding hydrogens is 544 g/mol. The highest BCUT2D eigenvalue weighted by Gasteiger charge is 2.26. The van der Waals surface area contributed by atoms with Gasteiger partial charge in [0.05, 0.1) is 22.1 Å². The Morgan fingerprint density at radius 2 is 0.953 bits per heavy atom. The molecule has 0 atom stereocenters. The van der Waals surface area contributed by atoms with Gasteiger partial charge in [-0.2, -0.15) is 0 Å². The predicted octanol–water partition coefficient (Wildman–Crippen LogP) is 12.5. The molecular formula is C40H35ClN2. The molecule has 0 aromatic heterocycles. The summed E-state index contributed by atoms with van der Waals surface area (Å²) < 4.78 is 0. The summed E-state index contributed by atoms with van der Waals surface area (Å²) in [6.07, 6.45) is 6.26. The summed E-state index contributed by atoms with van der Waals surface area (Å²) in [4.78, 5) is 4.67. The average molecular weight is 579 g/mol. The normalized spacial score (nSPS) is 13.6. The van der Waals surface area contributed by atoms with E-state index in [4.69, 9.17) is 11.6 Å². The van der Waals surface area contributed by atoms with Crippen LogP contribution in [-0.4, -0.2) is 0 Å². The van der Waals surface area contributed by atoms with E-state index in [1.807, 2.05) is 0 Å². The Bertz CT molecular complexity index is 1770. The Hall–Kier alpha value is -4.53. The van der Waals surface area contributed by atoms with E-state index in [0.29, 0.717) is 5.92 Å². The van der Waals surface area contributed by atoms with Crippen molar-refractivity contribution in [3.05, 3.63) is 156 Å². The topological polar surface area (TPSA) is 6.48 Å². The summed E-state index contributed by atoms with van der Waals surface area (Å²) in [6.45, 7) is 0. The van der Waals surface area contributed by atoms with E-state index in [0.717, 1.165) is 39.1 Å². The van der Waals surface area contributed by atoms with Crippen molar-refractivity contribution in [3.63, 3.8) is 0 Å². The number of hydrogen-bond donors (Lipinski definition) is 0. The van der Waals surface area contributed by atoms with E-state index in [1.165, 1.54) is 48.4 Å². The van der Waals surface area contributed by atoms with Gasteiger partial charge in [0.1, 0.15) is 0 Å². The molecule has 1 saturated carbocycles. The molecule has 1 aliphatic rings. The van der Waals surface area contributed by atoms with E-state index < -0.39 is 0 Å². The van der Waals surface area contributed by atoms with Crippen LogP contribution in [-0.2, 0) is 0 Å². The molecule has 43 heavy (non-hydrogen) atoms. The Morgan fingerprint density at radius 3 is 1.56 bits per heavy atom. The summed E-state index contributed by atoms with van der Waals surface area (Å²) in [5, 5.41) is 3.12. The molecule has 0 unspecified atom stereocenters. The zero-order valence-corrected chi connectivity index (χ0v) is 25.0. The zero-order valence-electron chi connectivity index (χ0n) is 24.2. The number of fused-ring (bicyclic) bond motifs is 1. The molecule has 0 N–H and O–H groups in total. The van der Waals surface area contributed by atoms with Crippen LogP contribution in [0, 0.1) is 0 Å². The van der Waals surface area contributed by atoms with E-state index in [-0.39, 0.29) is 0 Å². The lowest BCUT2D eigenvalue weighted by atomic mass is 9.83. The van der Waals surface area contributed by atoms with E-state index in [2.05, 4.69) is 155 Å². The van der Waals surface area contributed by atoms with Crippen molar-refractivity contribution in [1.29, 1.82) is 0 Å². The maximum atomic E-state index is 7.68. The maximum Gasteiger partial charge on any atom is 0.0887 e. The van der Waals surface area contributed by atoms with Gasteiger partial charge >= 0.3 is 0 Å². The molecule has 0 spiro atoms. The molecule has 6 aromatic rings. The number of halogens is 1. The third-order valence-corrected chi connectivity index (χ3v) is 9.05. The lowest BCUT2D eigenvalue weighted by Gasteiger charge is -2.33. The van der Waals surface area contributed by atoms with Crippen LogP contribution in [0.2, 0.25) is 5.02 Å². The van der Waals surface area contributed by atoms with Crippen molar-refractivity contribution < 1.29 is 0 Å². The van der Waals surface area contributed by atoms with Gasteiger partial charge in [0.2, 0.25) is 0 Å². The number of benzene rings is 6. The summed E-state index contributed by atoms with van der Waals surface area (Å²) in [5.74, 6) is 0.502. The number of rotatable bonds is 7. The molecule has 0 heterocycles. The van der Waals surface area contributed by atoms with E-state index in [1.54, 1.807) is 0 Å². The number of nitrogens with zero attached hydrogens (tertiary/aromatic N) is 2. The summed E-state index contributed by atoms with van der Waals surface area (Å²) in [7, 11) is 0. The van der Waals surface area contributed by atoms with E-state index >= 15 is 0 Å². The monoisotopic (exact) mass is 578 g/mol. The molecule has 1 aliphatic carbocycles. The second-order valence-corrected chi connectivity index (χ2v) is 11.8. The molecule has 0 saturated heterocycles. The minimum Gasteiger partial charge on any atom is -0.309 e. The third kappa shape index (κ3) is 5.51. The Kier molecular flexibility index (Phi) is 7.86. The quantitative estimate of drug-likeness (QED) is 0.186. The first kappa shape index (κ1) is 27.3. The molecule has 3 heteroatoms. The highest BCUT2D eigenvalue weighted by Crippen LogP contribution is 2.50. The molecule has 7 rings (SSSR count). The van der Waals surface area contributed by atoms with Gasteiger partial charge in [-0.15, -0.1) is 0 Å². The van der Waals surface area contributed by atoms with Gasteiger partial charge in [0, 0.05) is 22.4 Å². The van der Waals surface area contributed by atoms with Crippen molar-refractivity contribution in [2.24, 2.45) is 0 Å². The molecule has 1 fully saturated rings. The standard InChI is InChI=1S/C40H35ClN2/c41-40-38(42(33-20-7-2-8-21-33)34-22-9-3-10-23-34)28-32(30-16-5-1-6-17-30)29-39(40)43(35-24-11-4-12-25-35)37-27-15-19-31-18-13-14-26-36(31)37/h2-4,7-15,18-30H,1,5-6,16-17H2. The molecule has 0 aliphatic heterocycles. The Morgan fingerprint density at radius 1 is 0.465 bits per heavy atom. The highest BCUT2D eigenvalue weighted by molar-refractivity contribution is 6.37. The summed E-state index contributed by atoms with van der Waals surface area (Å²) >= 11 is 7.68. The minimum atomic E-state index is 0.502. The van der Waals surface area contributed by atoms with Crippen molar-refractivity contribution in [2.75, 3.05) is 9.80 Å². The predicted molar refractivity (Wildman–Crippen MR) is 184 cm³/mol. The van der Waals surface area contributed by atoms with Gasteiger partial charge in [-0.05, 0) is 84.3 Å². The van der Waals surface area contributed by atoms with Gasteiger partial charge in [0.25, 0.3) is 0 Å². The molecule has 0 amide bonds. The van der Waals surface area contributed by atoms with Crippen molar-refractivity contribution in [1.82, 2.24) is 0 Å². The van der Waals surface area contributed by atoms with Gasteiger partial charge < -0.3 is 9.80 Å². The van der Waals surface area contributed by atoms with Crippen LogP contribution < -0.4 is 9.80 Å². The third-order valence-electron chi connectivity index (χ3n) is 8.67. The van der Waals surface area contributed by atoms with Gasteiger partial charge in [-0.25, -0.2) is 0 Å². The van der Waals surface area contributed by atoms with Crippen LogP contribution in [0.5, 0.6) is 0 Å². The van der Waals surface area contributed by atoms with Gasteiger partial charge in [-0.3, -0.25) is 0 Å². The van der Waals surface area contributed by atoms with Crippen LogP contribution >= 0.6 is 11.6 Å². The second-order valence-electron chi connectivity index (χ2n) is 11.4. The SMILES string of the molecule is Clc1c(N(c2ccccc2)c2ccccc2)cc(C2CCCCC2)cc1N(c1ccccc1)c1cccc2ccccc12. The Labute approximate surface area is 259 Å². The van der Waals surface area contributed by atoms with Crippen LogP contribution in [0.15, 0.2) is 146 Å². The average Bonchev–Trinajstić information content (AvgIpc) is 3.08. The number of para-hydroxylation sites is 3. The first-order chi connectivity index (χ1) is 21.3. The molecule has 212 valence electrons. The zero-order chi connectivity index (χ0) is 29.0. The van der Waals surface area contributed by atoms with Gasteiger partial charge in [0.15, 0.2) is 0 Å². The number of hydrogen-bond acceptors (Lipinski definition) is 2. The fourth-order valence-corrected chi connectivity index (χ4v) is 6.86. The van der Waals surface area contributed by atoms with Crippen molar-refractivity contribution in [2.45, 2.75) is 38.0 Å². The Balaban J connectivity index is 1.52. The molecule has 0 radical (unpaired) electrons. The molecule has 2 nitrogen and oxygen atoms in total. The van der Waals surface area contributed by atoms with Crippen LogP contribution in [0.3, 0.4) is 0 Å². The van der Waals surface area contributed by atoms with Crippen molar-refractivity contribution >= 4 is 56.5 Å². The first-order valence-electron chi connectivity index (χ1n) is 15.3. The fourth-order valence-electron chi connectivity index (χ4n) is 6.58. The number of anilines is 6. The smallest absolute Gasteiger partial charge is 0.0887 e. The molecule has 6 aromatic carbocycles. The maximum absolute atomic E-state index is 7.68. The van der Waals surface area contributed by atoms with Crippen LogP contribution in [0.25, 0.3) is 10.8 Å². The first-order valence-corrected chi connectivity index (χ1v) is 15.7. The van der Waals surface area contributed by atoms with Gasteiger partial charge in [-0.1, -0.05) is 122 Å². The molecule has 0 bridgehead atoms.